The Morgan fingerprint density at radius 2 is 0.662 bits per heavy atom. The van der Waals surface area contributed by atoms with Crippen molar-refractivity contribution in [3.8, 4) is 55.6 Å². The van der Waals surface area contributed by atoms with Crippen molar-refractivity contribution in [3.05, 3.63) is 261 Å². The molecule has 12 rings (SSSR count). The molecule has 0 aromatic heterocycles. The van der Waals surface area contributed by atoms with E-state index in [4.69, 9.17) is 0 Å². The molecule has 1 nitrogen and oxygen atoms in total. The first-order valence-electron chi connectivity index (χ1n) is 22.4. The Balaban J connectivity index is 1.00. The molecule has 0 aliphatic heterocycles. The maximum atomic E-state index is 2.43. The summed E-state index contributed by atoms with van der Waals surface area (Å²) in [4.78, 5) is 2.42. The summed E-state index contributed by atoms with van der Waals surface area (Å²) in [6, 6.07) is 95.3. The molecule has 304 valence electrons. The average molecular weight is 826 g/mol. The van der Waals surface area contributed by atoms with Crippen LogP contribution >= 0.6 is 0 Å². The minimum absolute atomic E-state index is 1.09. The Morgan fingerprint density at radius 1 is 0.215 bits per heavy atom. The molecule has 0 amide bonds. The summed E-state index contributed by atoms with van der Waals surface area (Å²) >= 11 is 0. The first kappa shape index (κ1) is 38.2. The number of anilines is 3. The molecule has 12 aromatic carbocycles. The molecule has 0 radical (unpaired) electrons. The van der Waals surface area contributed by atoms with Gasteiger partial charge in [0.15, 0.2) is 0 Å². The summed E-state index contributed by atoms with van der Waals surface area (Å²) in [6.45, 7) is 0. The van der Waals surface area contributed by atoms with Gasteiger partial charge in [0.2, 0.25) is 0 Å². The third kappa shape index (κ3) is 7.01. The van der Waals surface area contributed by atoms with Crippen molar-refractivity contribution in [1.82, 2.24) is 0 Å². The zero-order valence-electron chi connectivity index (χ0n) is 35.8. The molecule has 0 saturated carbocycles. The van der Waals surface area contributed by atoms with Gasteiger partial charge in [-0.25, -0.2) is 0 Å². The zero-order valence-corrected chi connectivity index (χ0v) is 35.8. The SMILES string of the molecule is c1ccc(-c2c(-c3ccccc3)c3cc(-c4ccccc4N(c4ccc(-c5ccc(-c6ccc7ccccc7c6)cc5)cc4)c4ccc5ccccc5c4)ccc3c3ccccc23)cc1. The van der Waals surface area contributed by atoms with Crippen LogP contribution < -0.4 is 4.90 Å². The van der Waals surface area contributed by atoms with E-state index in [1.165, 1.54) is 87.6 Å². The summed E-state index contributed by atoms with van der Waals surface area (Å²) in [5.74, 6) is 0. The van der Waals surface area contributed by atoms with Crippen LogP contribution in [0.15, 0.2) is 261 Å². The Labute approximate surface area is 379 Å². The number of para-hydroxylation sites is 1. The third-order valence-corrected chi connectivity index (χ3v) is 13.0. The van der Waals surface area contributed by atoms with Gasteiger partial charge < -0.3 is 4.90 Å². The Hall–Kier alpha value is -8.52. The monoisotopic (exact) mass is 825 g/mol. The maximum Gasteiger partial charge on any atom is 0.0540 e. The second-order valence-corrected chi connectivity index (χ2v) is 16.9. The fourth-order valence-electron chi connectivity index (χ4n) is 9.85. The van der Waals surface area contributed by atoms with Crippen molar-refractivity contribution in [3.63, 3.8) is 0 Å². The van der Waals surface area contributed by atoms with Crippen LogP contribution in [0.4, 0.5) is 17.1 Å². The van der Waals surface area contributed by atoms with Crippen molar-refractivity contribution in [2.75, 3.05) is 4.90 Å². The highest BCUT2D eigenvalue weighted by atomic mass is 15.1. The van der Waals surface area contributed by atoms with Gasteiger partial charge >= 0.3 is 0 Å². The molecule has 0 aliphatic carbocycles. The largest absolute Gasteiger partial charge is 0.310 e. The third-order valence-electron chi connectivity index (χ3n) is 13.0. The Morgan fingerprint density at radius 3 is 1.34 bits per heavy atom. The summed E-state index contributed by atoms with van der Waals surface area (Å²) in [5, 5.41) is 9.92. The van der Waals surface area contributed by atoms with Crippen LogP contribution in [-0.4, -0.2) is 0 Å². The molecule has 0 unspecified atom stereocenters. The van der Waals surface area contributed by atoms with Crippen LogP contribution in [0, 0.1) is 0 Å². The molecule has 0 bridgehead atoms. The van der Waals surface area contributed by atoms with Crippen molar-refractivity contribution in [2.45, 2.75) is 0 Å². The number of benzene rings is 12. The lowest BCUT2D eigenvalue weighted by Gasteiger charge is -2.28. The molecule has 0 heterocycles. The predicted molar refractivity (Wildman–Crippen MR) is 278 cm³/mol. The van der Waals surface area contributed by atoms with E-state index in [2.05, 4.69) is 266 Å². The van der Waals surface area contributed by atoms with Gasteiger partial charge in [0, 0.05) is 16.9 Å². The van der Waals surface area contributed by atoms with E-state index in [0.717, 1.165) is 28.2 Å². The van der Waals surface area contributed by atoms with Crippen molar-refractivity contribution in [2.24, 2.45) is 0 Å². The lowest BCUT2D eigenvalue weighted by atomic mass is 9.84. The van der Waals surface area contributed by atoms with E-state index in [-0.39, 0.29) is 0 Å². The second kappa shape index (κ2) is 16.3. The quantitative estimate of drug-likeness (QED) is 0.138. The minimum atomic E-state index is 1.09. The van der Waals surface area contributed by atoms with E-state index < -0.39 is 0 Å². The van der Waals surface area contributed by atoms with E-state index >= 15 is 0 Å². The van der Waals surface area contributed by atoms with Gasteiger partial charge in [-0.2, -0.15) is 0 Å². The normalized spacial score (nSPS) is 11.4. The van der Waals surface area contributed by atoms with Crippen LogP contribution in [0.2, 0.25) is 0 Å². The standard InChI is InChI=1S/C64H43N/c1-3-17-49(18-4-1)63-60-25-12-11-24-58(60)59-40-36-54(43-61(59)64(63)50-19-5-2-6-20-50)57-23-13-14-26-62(57)65(56-39-35-45-16-8-10-22-52(45)42-56)55-37-33-47(34-38-55)46-27-29-48(30-28-46)53-32-31-44-15-7-9-21-51(44)41-53/h1-43H. The molecule has 0 spiro atoms. The van der Waals surface area contributed by atoms with Crippen molar-refractivity contribution >= 4 is 60.2 Å². The number of hydrogen-bond acceptors (Lipinski definition) is 1. The van der Waals surface area contributed by atoms with Gasteiger partial charge in [-0.1, -0.05) is 218 Å². The van der Waals surface area contributed by atoms with Gasteiger partial charge in [-0.05, 0) is 136 Å². The number of rotatable bonds is 8. The molecule has 65 heavy (non-hydrogen) atoms. The molecule has 0 fully saturated rings. The van der Waals surface area contributed by atoms with E-state index in [9.17, 15) is 0 Å². The molecular weight excluding hydrogens is 783 g/mol. The van der Waals surface area contributed by atoms with E-state index in [1.807, 2.05) is 0 Å². The number of fused-ring (bicyclic) bond motifs is 5. The predicted octanol–water partition coefficient (Wildman–Crippen LogP) is 18.1. The van der Waals surface area contributed by atoms with Gasteiger partial charge in [-0.15, -0.1) is 0 Å². The van der Waals surface area contributed by atoms with Crippen LogP contribution in [-0.2, 0) is 0 Å². The molecule has 0 N–H and O–H groups in total. The van der Waals surface area contributed by atoms with Crippen LogP contribution in [0.5, 0.6) is 0 Å². The van der Waals surface area contributed by atoms with Crippen LogP contribution in [0.3, 0.4) is 0 Å². The lowest BCUT2D eigenvalue weighted by molar-refractivity contribution is 1.29. The molecule has 0 saturated heterocycles. The van der Waals surface area contributed by atoms with Gasteiger partial charge in [0.1, 0.15) is 0 Å². The Bertz CT molecular complexity index is 3680. The first-order chi connectivity index (χ1) is 32.2. The van der Waals surface area contributed by atoms with Crippen molar-refractivity contribution in [1.29, 1.82) is 0 Å². The number of hydrogen-bond donors (Lipinski definition) is 0. The fourth-order valence-corrected chi connectivity index (χ4v) is 9.85. The average Bonchev–Trinajstić information content (AvgIpc) is 3.39. The lowest BCUT2D eigenvalue weighted by Crippen LogP contribution is -2.11. The zero-order chi connectivity index (χ0) is 43.1. The van der Waals surface area contributed by atoms with Crippen LogP contribution in [0.25, 0.3) is 98.7 Å². The summed E-state index contributed by atoms with van der Waals surface area (Å²) in [7, 11) is 0. The molecule has 1 heteroatoms. The molecule has 12 aromatic rings. The topological polar surface area (TPSA) is 3.24 Å². The first-order valence-corrected chi connectivity index (χ1v) is 22.4. The highest BCUT2D eigenvalue weighted by Gasteiger charge is 2.21. The van der Waals surface area contributed by atoms with Gasteiger partial charge in [0.25, 0.3) is 0 Å². The van der Waals surface area contributed by atoms with Gasteiger partial charge in [0.05, 0.1) is 5.69 Å². The van der Waals surface area contributed by atoms with E-state index in [1.54, 1.807) is 0 Å². The summed E-state index contributed by atoms with van der Waals surface area (Å²) < 4.78 is 0. The van der Waals surface area contributed by atoms with E-state index in [0.29, 0.717) is 0 Å². The highest BCUT2D eigenvalue weighted by molar-refractivity contribution is 6.22. The maximum absolute atomic E-state index is 2.43. The number of nitrogens with zero attached hydrogens (tertiary/aromatic N) is 1. The summed E-state index contributed by atoms with van der Waals surface area (Å²) in [6.07, 6.45) is 0. The molecular formula is C64H43N. The smallest absolute Gasteiger partial charge is 0.0540 e. The Kier molecular flexibility index (Phi) is 9.58. The highest BCUT2D eigenvalue weighted by Crippen LogP contribution is 2.47. The van der Waals surface area contributed by atoms with Crippen LogP contribution in [0.1, 0.15) is 0 Å². The minimum Gasteiger partial charge on any atom is -0.310 e. The molecule has 0 atom stereocenters. The van der Waals surface area contributed by atoms with Crippen molar-refractivity contribution < 1.29 is 0 Å². The summed E-state index contributed by atoms with van der Waals surface area (Å²) in [5.41, 5.74) is 15.3. The second-order valence-electron chi connectivity index (χ2n) is 16.9. The fraction of sp³-hybridized carbons (Fsp3) is 0. The molecule has 0 aliphatic rings. The van der Waals surface area contributed by atoms with Gasteiger partial charge in [-0.3, -0.25) is 0 Å².